The fraction of sp³-hybridized carbons (Fsp3) is 0.444. The van der Waals surface area contributed by atoms with E-state index in [1.165, 1.54) is 17.2 Å². The van der Waals surface area contributed by atoms with E-state index in [9.17, 15) is 9.59 Å². The van der Waals surface area contributed by atoms with Crippen LogP contribution in [0.5, 0.6) is 0 Å². The second-order valence-electron chi connectivity index (χ2n) is 6.09. The van der Waals surface area contributed by atoms with Crippen LogP contribution in [-0.2, 0) is 9.59 Å². The van der Waals surface area contributed by atoms with Gasteiger partial charge in [-0.25, -0.2) is 0 Å². The van der Waals surface area contributed by atoms with Gasteiger partial charge in [0.25, 0.3) is 0 Å². The lowest BCUT2D eigenvalue weighted by Crippen LogP contribution is -2.20. The van der Waals surface area contributed by atoms with Gasteiger partial charge in [0.15, 0.2) is 11.6 Å². The molecule has 21 heavy (non-hydrogen) atoms. The lowest BCUT2D eigenvalue weighted by molar-refractivity contribution is -0.114. The van der Waals surface area contributed by atoms with E-state index in [4.69, 9.17) is 0 Å². The van der Waals surface area contributed by atoms with Crippen molar-refractivity contribution < 1.29 is 9.59 Å². The molecule has 0 N–H and O–H groups in total. The minimum Gasteiger partial charge on any atom is -0.295 e. The zero-order valence-corrected chi connectivity index (χ0v) is 14.6. The molecule has 0 aromatic heterocycles. The summed E-state index contributed by atoms with van der Waals surface area (Å²) in [5.74, 6) is 0.802. The van der Waals surface area contributed by atoms with Crippen molar-refractivity contribution in [2.45, 2.75) is 39.0 Å². The Labute approximate surface area is 140 Å². The summed E-state index contributed by atoms with van der Waals surface area (Å²) in [6, 6.07) is 0. The molecule has 2 atom stereocenters. The second kappa shape index (κ2) is 6.86. The van der Waals surface area contributed by atoms with Gasteiger partial charge in [0, 0.05) is 12.0 Å². The molecular formula is C18H21IO2. The number of ketones is 2. The second-order valence-corrected chi connectivity index (χ2v) is 7.25. The van der Waals surface area contributed by atoms with E-state index in [2.05, 4.69) is 48.7 Å². The van der Waals surface area contributed by atoms with Crippen molar-refractivity contribution in [1.29, 1.82) is 0 Å². The molecule has 0 radical (unpaired) electrons. The van der Waals surface area contributed by atoms with Gasteiger partial charge in [0.1, 0.15) is 0 Å². The van der Waals surface area contributed by atoms with Crippen molar-refractivity contribution in [1.82, 2.24) is 0 Å². The Morgan fingerprint density at radius 3 is 2.67 bits per heavy atom. The minimum atomic E-state index is 0.0121. The van der Waals surface area contributed by atoms with Crippen molar-refractivity contribution >= 4 is 34.2 Å². The first kappa shape index (κ1) is 16.4. The van der Waals surface area contributed by atoms with E-state index in [-0.39, 0.29) is 11.6 Å². The number of allylic oxidation sites excluding steroid dienone is 6. The SMILES string of the molecule is C=C1CC[C@H](C(=C)C)[C@@H](/C=C(/I)C(=O)C2=CC(=O)CC2)C1. The van der Waals surface area contributed by atoms with Crippen LogP contribution in [0.1, 0.15) is 39.0 Å². The Bertz CT molecular complexity index is 566. The van der Waals surface area contributed by atoms with E-state index in [1.54, 1.807) is 0 Å². The zero-order chi connectivity index (χ0) is 15.6. The Hall–Kier alpha value is -0.970. The fourth-order valence-corrected chi connectivity index (χ4v) is 3.94. The highest BCUT2D eigenvalue weighted by molar-refractivity contribution is 14.1. The number of halogens is 1. The Morgan fingerprint density at radius 2 is 2.10 bits per heavy atom. The van der Waals surface area contributed by atoms with Gasteiger partial charge in [-0.3, -0.25) is 9.59 Å². The van der Waals surface area contributed by atoms with Gasteiger partial charge >= 0.3 is 0 Å². The van der Waals surface area contributed by atoms with Crippen LogP contribution in [0.2, 0.25) is 0 Å². The molecule has 2 aliphatic carbocycles. The molecule has 0 aromatic carbocycles. The molecule has 2 nitrogen and oxygen atoms in total. The molecule has 2 rings (SSSR count). The predicted octanol–water partition coefficient (Wildman–Crippen LogP) is 4.71. The first-order chi connectivity index (χ1) is 9.88. The van der Waals surface area contributed by atoms with Crippen LogP contribution >= 0.6 is 22.6 Å². The summed E-state index contributed by atoms with van der Waals surface area (Å²) in [6.45, 7) is 10.2. The summed E-state index contributed by atoms with van der Waals surface area (Å²) in [4.78, 5) is 23.7. The van der Waals surface area contributed by atoms with E-state index < -0.39 is 0 Å². The molecule has 1 saturated carbocycles. The largest absolute Gasteiger partial charge is 0.295 e. The average molecular weight is 396 g/mol. The van der Waals surface area contributed by atoms with Crippen molar-refractivity contribution in [3.63, 3.8) is 0 Å². The molecule has 0 bridgehead atoms. The zero-order valence-electron chi connectivity index (χ0n) is 12.5. The van der Waals surface area contributed by atoms with E-state index in [0.717, 1.165) is 22.8 Å². The molecule has 2 aliphatic rings. The van der Waals surface area contributed by atoms with Crippen molar-refractivity contribution in [3.05, 3.63) is 45.6 Å². The van der Waals surface area contributed by atoms with Gasteiger partial charge in [0.2, 0.25) is 0 Å². The molecule has 0 amide bonds. The number of carbonyl (C=O) groups is 2. The van der Waals surface area contributed by atoms with Crippen molar-refractivity contribution in [2.24, 2.45) is 11.8 Å². The number of carbonyl (C=O) groups excluding carboxylic acids is 2. The smallest absolute Gasteiger partial charge is 0.194 e. The highest BCUT2D eigenvalue weighted by Gasteiger charge is 2.27. The molecule has 0 heterocycles. The van der Waals surface area contributed by atoms with Crippen LogP contribution in [-0.4, -0.2) is 11.6 Å². The Morgan fingerprint density at radius 1 is 1.38 bits per heavy atom. The van der Waals surface area contributed by atoms with Gasteiger partial charge in [-0.1, -0.05) is 30.4 Å². The molecule has 3 heteroatoms. The van der Waals surface area contributed by atoms with Gasteiger partial charge in [-0.05, 0) is 73.1 Å². The highest BCUT2D eigenvalue weighted by Crippen LogP contribution is 2.38. The number of Topliss-reactive ketones (excluding diaryl/α,β-unsaturated/α-hetero) is 1. The van der Waals surface area contributed by atoms with Crippen LogP contribution in [0.15, 0.2) is 45.6 Å². The minimum absolute atomic E-state index is 0.0121. The molecule has 0 saturated heterocycles. The van der Waals surface area contributed by atoms with Gasteiger partial charge in [-0.15, -0.1) is 0 Å². The standard InChI is InChI=1S/C18H21IO2/c1-11(2)16-7-4-12(3)8-14(16)10-17(19)18(21)13-5-6-15(20)9-13/h9-10,14,16H,1,3-8H2,2H3/b17-10+/t14-,16-/m1/s1. The Balaban J connectivity index is 2.17. The summed E-state index contributed by atoms with van der Waals surface area (Å²) in [6.07, 6.45) is 7.66. The summed E-state index contributed by atoms with van der Waals surface area (Å²) >= 11 is 2.11. The fourth-order valence-electron chi connectivity index (χ4n) is 3.13. The molecule has 0 spiro atoms. The monoisotopic (exact) mass is 396 g/mol. The molecule has 0 aromatic rings. The summed E-state index contributed by atoms with van der Waals surface area (Å²) < 4.78 is 0.722. The summed E-state index contributed by atoms with van der Waals surface area (Å²) in [5, 5.41) is 0. The van der Waals surface area contributed by atoms with Crippen LogP contribution in [0.3, 0.4) is 0 Å². The predicted molar refractivity (Wildman–Crippen MR) is 94.2 cm³/mol. The first-order valence-electron chi connectivity index (χ1n) is 7.36. The van der Waals surface area contributed by atoms with Gasteiger partial charge < -0.3 is 0 Å². The maximum atomic E-state index is 12.4. The van der Waals surface area contributed by atoms with Gasteiger partial charge in [0.05, 0.1) is 3.58 Å². The molecule has 0 aliphatic heterocycles. The Kier molecular flexibility index (Phi) is 5.36. The normalized spacial score (nSPS) is 26.8. The molecule has 112 valence electrons. The summed E-state index contributed by atoms with van der Waals surface area (Å²) in [5.41, 5.74) is 3.08. The van der Waals surface area contributed by atoms with Gasteiger partial charge in [-0.2, -0.15) is 0 Å². The number of rotatable bonds is 4. The van der Waals surface area contributed by atoms with E-state index >= 15 is 0 Å². The van der Waals surface area contributed by atoms with Crippen LogP contribution in [0, 0.1) is 11.8 Å². The van der Waals surface area contributed by atoms with Crippen molar-refractivity contribution in [3.8, 4) is 0 Å². The number of hydrogen-bond donors (Lipinski definition) is 0. The number of hydrogen-bond acceptors (Lipinski definition) is 2. The van der Waals surface area contributed by atoms with Crippen LogP contribution in [0.4, 0.5) is 0 Å². The van der Waals surface area contributed by atoms with Crippen LogP contribution in [0.25, 0.3) is 0 Å². The third-order valence-electron chi connectivity index (χ3n) is 4.33. The first-order valence-corrected chi connectivity index (χ1v) is 8.44. The van der Waals surface area contributed by atoms with Crippen molar-refractivity contribution in [2.75, 3.05) is 0 Å². The summed E-state index contributed by atoms with van der Waals surface area (Å²) in [7, 11) is 0. The quantitative estimate of drug-likeness (QED) is 0.392. The lowest BCUT2D eigenvalue weighted by Gasteiger charge is -2.31. The highest BCUT2D eigenvalue weighted by atomic mass is 127. The maximum absolute atomic E-state index is 12.4. The molecular weight excluding hydrogens is 375 g/mol. The van der Waals surface area contributed by atoms with Crippen LogP contribution < -0.4 is 0 Å². The lowest BCUT2D eigenvalue weighted by atomic mass is 9.74. The van der Waals surface area contributed by atoms with E-state index in [0.29, 0.717) is 30.3 Å². The average Bonchev–Trinajstić information content (AvgIpc) is 2.84. The molecule has 0 unspecified atom stereocenters. The molecule has 1 fully saturated rings. The topological polar surface area (TPSA) is 34.1 Å². The maximum Gasteiger partial charge on any atom is 0.194 e. The third kappa shape index (κ3) is 4.02. The third-order valence-corrected chi connectivity index (χ3v) is 5.18. The van der Waals surface area contributed by atoms with E-state index in [1.807, 2.05) is 0 Å².